The minimum absolute atomic E-state index is 0.162. The molecule has 1 fully saturated rings. The van der Waals surface area contributed by atoms with Gasteiger partial charge in [-0.15, -0.1) is 0 Å². The number of benzene rings is 1. The maximum absolute atomic E-state index is 12.9. The molecule has 1 aromatic rings. The fourth-order valence-corrected chi connectivity index (χ4v) is 2.56. The Morgan fingerprint density at radius 2 is 2.10 bits per heavy atom. The maximum Gasteiger partial charge on any atom is 0.223 e. The molecule has 2 rings (SSSR count). The minimum Gasteiger partial charge on any atom is -0.493 e. The molecule has 2 N–H and O–H groups in total. The van der Waals surface area contributed by atoms with Crippen molar-refractivity contribution in [2.45, 2.75) is 44.1 Å². The van der Waals surface area contributed by atoms with Gasteiger partial charge in [-0.1, -0.05) is 25.3 Å². The van der Waals surface area contributed by atoms with Crippen molar-refractivity contribution >= 4 is 5.91 Å². The van der Waals surface area contributed by atoms with E-state index in [1.165, 1.54) is 12.1 Å². The van der Waals surface area contributed by atoms with Crippen molar-refractivity contribution in [3.05, 3.63) is 30.1 Å². The zero-order valence-corrected chi connectivity index (χ0v) is 12.1. The molecule has 0 aromatic heterocycles. The van der Waals surface area contributed by atoms with Gasteiger partial charge < -0.3 is 15.2 Å². The van der Waals surface area contributed by atoms with Crippen molar-refractivity contribution in [2.75, 3.05) is 13.2 Å². The minimum atomic E-state index is -0.753. The molecule has 1 amide bonds. The molecule has 1 aliphatic rings. The first-order valence-electron chi connectivity index (χ1n) is 7.45. The highest BCUT2D eigenvalue weighted by Crippen LogP contribution is 2.27. The van der Waals surface area contributed by atoms with Gasteiger partial charge in [0.15, 0.2) is 0 Å². The van der Waals surface area contributed by atoms with Gasteiger partial charge in [-0.05, 0) is 25.0 Å². The van der Waals surface area contributed by atoms with E-state index in [-0.39, 0.29) is 24.8 Å². The van der Waals surface area contributed by atoms with Gasteiger partial charge in [0, 0.05) is 12.6 Å². The second-order valence-electron chi connectivity index (χ2n) is 5.62. The van der Waals surface area contributed by atoms with Crippen molar-refractivity contribution in [1.82, 2.24) is 5.32 Å². The summed E-state index contributed by atoms with van der Waals surface area (Å²) < 4.78 is 18.2. The van der Waals surface area contributed by atoms with Gasteiger partial charge in [-0.25, -0.2) is 4.39 Å². The lowest BCUT2D eigenvalue weighted by Gasteiger charge is -2.32. The van der Waals surface area contributed by atoms with Gasteiger partial charge in [-0.2, -0.15) is 0 Å². The number of amides is 1. The van der Waals surface area contributed by atoms with E-state index in [2.05, 4.69) is 5.32 Å². The molecule has 116 valence electrons. The Morgan fingerprint density at radius 3 is 2.81 bits per heavy atom. The van der Waals surface area contributed by atoms with Crippen molar-refractivity contribution in [3.63, 3.8) is 0 Å². The normalized spacial score (nSPS) is 17.2. The Kier molecular flexibility index (Phi) is 5.56. The lowest BCUT2D eigenvalue weighted by Crippen LogP contribution is -2.44. The third-order valence-electron chi connectivity index (χ3n) is 3.79. The Morgan fingerprint density at radius 1 is 1.33 bits per heavy atom. The molecule has 0 aliphatic heterocycles. The van der Waals surface area contributed by atoms with Crippen LogP contribution < -0.4 is 10.1 Å². The molecule has 5 heteroatoms. The number of ether oxygens (including phenoxy) is 1. The van der Waals surface area contributed by atoms with Crippen molar-refractivity contribution < 1.29 is 19.0 Å². The SMILES string of the molecule is O=C(CCOc1cccc(F)c1)NCC1(O)CCCCC1. The van der Waals surface area contributed by atoms with Gasteiger partial charge in [0.1, 0.15) is 11.6 Å². The lowest BCUT2D eigenvalue weighted by molar-refractivity contribution is -0.123. The van der Waals surface area contributed by atoms with Gasteiger partial charge in [0.25, 0.3) is 0 Å². The monoisotopic (exact) mass is 295 g/mol. The molecule has 4 nitrogen and oxygen atoms in total. The van der Waals surface area contributed by atoms with Gasteiger partial charge >= 0.3 is 0 Å². The Labute approximate surface area is 124 Å². The largest absolute Gasteiger partial charge is 0.493 e. The van der Waals surface area contributed by atoms with Crippen molar-refractivity contribution in [2.24, 2.45) is 0 Å². The van der Waals surface area contributed by atoms with E-state index >= 15 is 0 Å². The quantitative estimate of drug-likeness (QED) is 0.847. The Bertz CT molecular complexity index is 472. The molecule has 0 radical (unpaired) electrons. The maximum atomic E-state index is 12.9. The van der Waals surface area contributed by atoms with Gasteiger partial charge in [-0.3, -0.25) is 4.79 Å². The lowest BCUT2D eigenvalue weighted by atomic mass is 9.85. The highest BCUT2D eigenvalue weighted by atomic mass is 19.1. The van der Waals surface area contributed by atoms with Crippen LogP contribution in [-0.2, 0) is 4.79 Å². The Hall–Kier alpha value is -1.62. The molecule has 0 spiro atoms. The number of nitrogens with one attached hydrogen (secondary N) is 1. The van der Waals surface area contributed by atoms with Crippen molar-refractivity contribution in [1.29, 1.82) is 0 Å². The van der Waals surface area contributed by atoms with E-state index in [0.29, 0.717) is 12.3 Å². The molecule has 0 atom stereocenters. The van der Waals surface area contributed by atoms with Gasteiger partial charge in [0.05, 0.1) is 18.6 Å². The van der Waals surface area contributed by atoms with Crippen LogP contribution in [0.4, 0.5) is 4.39 Å². The Balaban J connectivity index is 1.65. The molecule has 0 heterocycles. The number of hydrogen-bond acceptors (Lipinski definition) is 3. The summed E-state index contributed by atoms with van der Waals surface area (Å²) in [4.78, 5) is 11.7. The fraction of sp³-hybridized carbons (Fsp3) is 0.562. The molecule has 21 heavy (non-hydrogen) atoms. The standard InChI is InChI=1S/C16H22FNO3/c17-13-5-4-6-14(11-13)21-10-7-15(19)18-12-16(20)8-2-1-3-9-16/h4-6,11,20H,1-3,7-10,12H2,(H,18,19). The summed E-state index contributed by atoms with van der Waals surface area (Å²) in [6, 6.07) is 5.82. The van der Waals surface area contributed by atoms with E-state index in [4.69, 9.17) is 4.74 Å². The molecule has 0 bridgehead atoms. The van der Waals surface area contributed by atoms with Crippen LogP contribution in [0.5, 0.6) is 5.75 Å². The second kappa shape index (κ2) is 7.41. The zero-order chi connectivity index (χ0) is 15.1. The number of carbonyl (C=O) groups is 1. The summed E-state index contributed by atoms with van der Waals surface area (Å²) in [6.07, 6.45) is 4.84. The average molecular weight is 295 g/mol. The van der Waals surface area contributed by atoms with E-state index in [1.54, 1.807) is 12.1 Å². The molecule has 0 saturated heterocycles. The summed E-state index contributed by atoms with van der Waals surface area (Å²) in [5.74, 6) is -0.115. The van der Waals surface area contributed by atoms with E-state index in [0.717, 1.165) is 32.1 Å². The second-order valence-corrected chi connectivity index (χ2v) is 5.62. The number of carbonyl (C=O) groups excluding carboxylic acids is 1. The first kappa shape index (κ1) is 15.8. The average Bonchev–Trinajstić information content (AvgIpc) is 2.46. The van der Waals surface area contributed by atoms with E-state index in [1.807, 2.05) is 0 Å². The van der Waals surface area contributed by atoms with Crippen molar-refractivity contribution in [3.8, 4) is 5.75 Å². The zero-order valence-electron chi connectivity index (χ0n) is 12.1. The van der Waals surface area contributed by atoms with Crippen LogP contribution in [0.1, 0.15) is 38.5 Å². The number of halogens is 1. The van der Waals surface area contributed by atoms with Crippen LogP contribution in [0, 0.1) is 5.82 Å². The predicted octanol–water partition coefficient (Wildman–Crippen LogP) is 2.41. The molecule has 0 unspecified atom stereocenters. The third kappa shape index (κ3) is 5.34. The number of aliphatic hydroxyl groups is 1. The van der Waals surface area contributed by atoms with Crippen LogP contribution in [0.25, 0.3) is 0 Å². The number of hydrogen-bond donors (Lipinski definition) is 2. The van der Waals surface area contributed by atoms with Crippen LogP contribution in [0.3, 0.4) is 0 Å². The summed E-state index contributed by atoms with van der Waals surface area (Å²) in [6.45, 7) is 0.486. The molecule has 1 aliphatic carbocycles. The summed E-state index contributed by atoms with van der Waals surface area (Å²) in [5, 5.41) is 13.0. The van der Waals surface area contributed by atoms with Crippen LogP contribution in [-0.4, -0.2) is 29.8 Å². The van der Waals surface area contributed by atoms with Crippen LogP contribution in [0.2, 0.25) is 0 Å². The van der Waals surface area contributed by atoms with Crippen LogP contribution >= 0.6 is 0 Å². The summed E-state index contributed by atoms with van der Waals surface area (Å²) in [5.41, 5.74) is -0.753. The molecule has 1 saturated carbocycles. The number of rotatable bonds is 6. The topological polar surface area (TPSA) is 58.6 Å². The molecular weight excluding hydrogens is 273 g/mol. The van der Waals surface area contributed by atoms with Crippen LogP contribution in [0.15, 0.2) is 24.3 Å². The first-order chi connectivity index (χ1) is 10.1. The van der Waals surface area contributed by atoms with E-state index in [9.17, 15) is 14.3 Å². The third-order valence-corrected chi connectivity index (χ3v) is 3.79. The van der Waals surface area contributed by atoms with E-state index < -0.39 is 5.60 Å². The van der Waals surface area contributed by atoms with Gasteiger partial charge in [0.2, 0.25) is 5.91 Å². The molecular formula is C16H22FNO3. The molecule has 1 aromatic carbocycles. The highest BCUT2D eigenvalue weighted by molar-refractivity contribution is 5.76. The summed E-state index contributed by atoms with van der Waals surface area (Å²) >= 11 is 0. The first-order valence-corrected chi connectivity index (χ1v) is 7.45. The summed E-state index contributed by atoms with van der Waals surface area (Å²) in [7, 11) is 0. The highest BCUT2D eigenvalue weighted by Gasteiger charge is 2.29. The predicted molar refractivity (Wildman–Crippen MR) is 77.6 cm³/mol. The smallest absolute Gasteiger partial charge is 0.223 e. The fourth-order valence-electron chi connectivity index (χ4n) is 2.56.